The molecular weight excluding hydrogens is 196 g/mol. The zero-order valence-corrected chi connectivity index (χ0v) is 10.8. The predicted molar refractivity (Wildman–Crippen MR) is 67.5 cm³/mol. The van der Waals surface area contributed by atoms with Gasteiger partial charge in [-0.3, -0.25) is 9.88 Å². The van der Waals surface area contributed by atoms with Gasteiger partial charge in [0.15, 0.2) is 0 Å². The smallest absolute Gasteiger partial charge is 0.0420 e. The molecule has 2 rings (SSSR count). The second kappa shape index (κ2) is 4.54. The van der Waals surface area contributed by atoms with Gasteiger partial charge in [-0.2, -0.15) is 0 Å². The summed E-state index contributed by atoms with van der Waals surface area (Å²) >= 11 is 0. The molecule has 0 aliphatic carbocycles. The third-order valence-electron chi connectivity index (χ3n) is 3.58. The van der Waals surface area contributed by atoms with Crippen molar-refractivity contribution in [1.82, 2.24) is 9.88 Å². The van der Waals surface area contributed by atoms with Crippen LogP contribution in [-0.2, 0) is 0 Å². The molecule has 1 aromatic rings. The maximum absolute atomic E-state index is 4.49. The molecule has 1 unspecified atom stereocenters. The van der Waals surface area contributed by atoms with E-state index >= 15 is 0 Å². The number of pyridine rings is 1. The number of rotatable bonds is 2. The molecule has 0 amide bonds. The lowest BCUT2D eigenvalue weighted by molar-refractivity contribution is 0.204. The zero-order valence-electron chi connectivity index (χ0n) is 10.8. The number of aromatic nitrogens is 1. The van der Waals surface area contributed by atoms with E-state index in [1.165, 1.54) is 36.2 Å². The van der Waals surface area contributed by atoms with E-state index in [9.17, 15) is 0 Å². The summed E-state index contributed by atoms with van der Waals surface area (Å²) < 4.78 is 0. The molecule has 0 N–H and O–H groups in total. The Balaban J connectivity index is 2.32. The van der Waals surface area contributed by atoms with Gasteiger partial charge in [-0.05, 0) is 58.2 Å². The molecule has 16 heavy (non-hydrogen) atoms. The van der Waals surface area contributed by atoms with Gasteiger partial charge < -0.3 is 0 Å². The third kappa shape index (κ3) is 2.12. The van der Waals surface area contributed by atoms with Crippen LogP contribution in [0.1, 0.15) is 49.6 Å². The highest BCUT2D eigenvalue weighted by Gasteiger charge is 2.29. The van der Waals surface area contributed by atoms with Gasteiger partial charge in [0, 0.05) is 24.0 Å². The fourth-order valence-corrected chi connectivity index (χ4v) is 2.74. The summed E-state index contributed by atoms with van der Waals surface area (Å²) in [5, 5.41) is 0. The molecule has 1 atom stereocenters. The Morgan fingerprint density at radius 2 is 2.12 bits per heavy atom. The second-order valence-electron chi connectivity index (χ2n) is 5.18. The van der Waals surface area contributed by atoms with Gasteiger partial charge in [0.1, 0.15) is 0 Å². The van der Waals surface area contributed by atoms with Crippen LogP contribution in [0.3, 0.4) is 0 Å². The molecule has 0 spiro atoms. The Labute approximate surface area is 98.7 Å². The standard InChI is InChI=1S/C14H22N2/c1-10(2)16-7-5-6-14(16)13-8-11(3)9-15-12(13)4/h8-10,14H,5-7H2,1-4H3. The van der Waals surface area contributed by atoms with Crippen molar-refractivity contribution >= 4 is 0 Å². The summed E-state index contributed by atoms with van der Waals surface area (Å²) in [6.45, 7) is 10.1. The molecule has 2 heteroatoms. The Bertz CT molecular complexity index is 371. The van der Waals surface area contributed by atoms with E-state index in [4.69, 9.17) is 0 Å². The van der Waals surface area contributed by atoms with E-state index in [1.807, 2.05) is 6.20 Å². The number of aryl methyl sites for hydroxylation is 2. The topological polar surface area (TPSA) is 16.1 Å². The molecule has 2 nitrogen and oxygen atoms in total. The molecule has 0 aromatic carbocycles. The van der Waals surface area contributed by atoms with Gasteiger partial charge in [0.25, 0.3) is 0 Å². The summed E-state index contributed by atoms with van der Waals surface area (Å²) in [6, 6.07) is 3.54. The minimum atomic E-state index is 0.590. The second-order valence-corrected chi connectivity index (χ2v) is 5.18. The number of hydrogen-bond acceptors (Lipinski definition) is 2. The zero-order chi connectivity index (χ0) is 11.7. The van der Waals surface area contributed by atoms with Crippen LogP contribution in [0.25, 0.3) is 0 Å². The lowest BCUT2D eigenvalue weighted by atomic mass is 10.0. The van der Waals surface area contributed by atoms with E-state index in [-0.39, 0.29) is 0 Å². The fourth-order valence-electron chi connectivity index (χ4n) is 2.74. The first kappa shape index (κ1) is 11.6. The SMILES string of the molecule is Cc1cnc(C)c(C2CCCN2C(C)C)c1. The molecular formula is C14H22N2. The summed E-state index contributed by atoms with van der Waals surface area (Å²) in [5.41, 5.74) is 3.91. The Morgan fingerprint density at radius 3 is 2.81 bits per heavy atom. The van der Waals surface area contributed by atoms with E-state index in [0.717, 1.165) is 0 Å². The predicted octanol–water partition coefficient (Wildman–Crippen LogP) is 3.24. The lowest BCUT2D eigenvalue weighted by Gasteiger charge is -2.29. The van der Waals surface area contributed by atoms with E-state index in [1.54, 1.807) is 0 Å². The quantitative estimate of drug-likeness (QED) is 0.757. The molecule has 1 aromatic heterocycles. The first-order chi connectivity index (χ1) is 7.59. The highest BCUT2D eigenvalue weighted by atomic mass is 15.2. The summed E-state index contributed by atoms with van der Waals surface area (Å²) in [4.78, 5) is 7.09. The highest BCUT2D eigenvalue weighted by molar-refractivity contribution is 5.27. The monoisotopic (exact) mass is 218 g/mol. The molecule has 2 heterocycles. The summed E-state index contributed by atoms with van der Waals surface area (Å²) in [7, 11) is 0. The van der Waals surface area contributed by atoms with Crippen molar-refractivity contribution in [2.45, 2.75) is 52.6 Å². The molecule has 1 aliphatic heterocycles. The molecule has 1 saturated heterocycles. The van der Waals surface area contributed by atoms with E-state index in [2.05, 4.69) is 43.6 Å². The molecule has 0 radical (unpaired) electrons. The first-order valence-electron chi connectivity index (χ1n) is 6.28. The van der Waals surface area contributed by atoms with Crippen molar-refractivity contribution in [3.8, 4) is 0 Å². The minimum absolute atomic E-state index is 0.590. The van der Waals surface area contributed by atoms with Crippen molar-refractivity contribution in [2.24, 2.45) is 0 Å². The van der Waals surface area contributed by atoms with Crippen LogP contribution >= 0.6 is 0 Å². The highest BCUT2D eigenvalue weighted by Crippen LogP contribution is 2.34. The normalized spacial score (nSPS) is 21.9. The number of hydrogen-bond donors (Lipinski definition) is 0. The van der Waals surface area contributed by atoms with Crippen molar-refractivity contribution in [3.63, 3.8) is 0 Å². The van der Waals surface area contributed by atoms with Gasteiger partial charge >= 0.3 is 0 Å². The van der Waals surface area contributed by atoms with Gasteiger partial charge in [0.05, 0.1) is 0 Å². The molecule has 1 aliphatic rings. The van der Waals surface area contributed by atoms with Crippen molar-refractivity contribution in [1.29, 1.82) is 0 Å². The molecule has 0 saturated carbocycles. The van der Waals surface area contributed by atoms with Crippen LogP contribution in [0.2, 0.25) is 0 Å². The van der Waals surface area contributed by atoms with Gasteiger partial charge in [-0.15, -0.1) is 0 Å². The summed E-state index contributed by atoms with van der Waals surface area (Å²) in [6.07, 6.45) is 4.56. The van der Waals surface area contributed by atoms with Crippen LogP contribution in [0, 0.1) is 13.8 Å². The summed E-state index contributed by atoms with van der Waals surface area (Å²) in [5.74, 6) is 0. The Morgan fingerprint density at radius 1 is 1.38 bits per heavy atom. The van der Waals surface area contributed by atoms with Crippen molar-refractivity contribution < 1.29 is 0 Å². The van der Waals surface area contributed by atoms with Crippen LogP contribution in [0.15, 0.2) is 12.3 Å². The Kier molecular flexibility index (Phi) is 3.29. The molecule has 0 bridgehead atoms. The fraction of sp³-hybridized carbons (Fsp3) is 0.643. The first-order valence-corrected chi connectivity index (χ1v) is 6.28. The van der Waals surface area contributed by atoms with Crippen LogP contribution in [0.4, 0.5) is 0 Å². The van der Waals surface area contributed by atoms with Crippen LogP contribution < -0.4 is 0 Å². The molecule has 1 fully saturated rings. The van der Waals surface area contributed by atoms with Crippen LogP contribution in [0.5, 0.6) is 0 Å². The molecule has 88 valence electrons. The van der Waals surface area contributed by atoms with Gasteiger partial charge in [-0.1, -0.05) is 6.07 Å². The minimum Gasteiger partial charge on any atom is -0.294 e. The maximum Gasteiger partial charge on any atom is 0.0420 e. The van der Waals surface area contributed by atoms with Crippen molar-refractivity contribution in [2.75, 3.05) is 6.54 Å². The number of likely N-dealkylation sites (tertiary alicyclic amines) is 1. The lowest BCUT2D eigenvalue weighted by Crippen LogP contribution is -2.30. The van der Waals surface area contributed by atoms with Gasteiger partial charge in [0.2, 0.25) is 0 Å². The largest absolute Gasteiger partial charge is 0.294 e. The van der Waals surface area contributed by atoms with E-state index < -0.39 is 0 Å². The van der Waals surface area contributed by atoms with Crippen molar-refractivity contribution in [3.05, 3.63) is 29.1 Å². The number of nitrogens with zero attached hydrogens (tertiary/aromatic N) is 2. The average Bonchev–Trinajstić information content (AvgIpc) is 2.70. The maximum atomic E-state index is 4.49. The average molecular weight is 218 g/mol. The third-order valence-corrected chi connectivity index (χ3v) is 3.58. The van der Waals surface area contributed by atoms with E-state index in [0.29, 0.717) is 12.1 Å². The Hall–Kier alpha value is -0.890. The van der Waals surface area contributed by atoms with Crippen LogP contribution in [-0.4, -0.2) is 22.5 Å². The van der Waals surface area contributed by atoms with Gasteiger partial charge in [-0.25, -0.2) is 0 Å².